The first-order valence-electron chi connectivity index (χ1n) is 6.60. The molecule has 96 valence electrons. The average molecular weight is 244 g/mol. The van der Waals surface area contributed by atoms with E-state index in [0.717, 1.165) is 24.1 Å². The van der Waals surface area contributed by atoms with Crippen LogP contribution >= 0.6 is 0 Å². The van der Waals surface area contributed by atoms with E-state index in [1.54, 1.807) is 0 Å². The van der Waals surface area contributed by atoms with Crippen molar-refractivity contribution in [3.05, 3.63) is 18.2 Å². The fourth-order valence-electron chi connectivity index (χ4n) is 2.65. The Hall–Kier alpha value is -1.58. The molecule has 1 aromatic heterocycles. The molecule has 0 saturated carbocycles. The van der Waals surface area contributed by atoms with Gasteiger partial charge in [0.25, 0.3) is 0 Å². The summed E-state index contributed by atoms with van der Waals surface area (Å²) in [5.74, 6) is 0. The first-order valence-corrected chi connectivity index (χ1v) is 6.60. The lowest BCUT2D eigenvalue weighted by Gasteiger charge is -2.38. The van der Waals surface area contributed by atoms with Gasteiger partial charge >= 0.3 is 0 Å². The van der Waals surface area contributed by atoms with Crippen molar-refractivity contribution in [3.8, 4) is 0 Å². The minimum absolute atomic E-state index is 0.479. The summed E-state index contributed by atoms with van der Waals surface area (Å²) < 4.78 is 1.84. The Morgan fingerprint density at radius 1 is 1.17 bits per heavy atom. The zero-order chi connectivity index (χ0) is 12.8. The highest BCUT2D eigenvalue weighted by Gasteiger charge is 2.26. The topological polar surface area (TPSA) is 34.0 Å². The molecular formula is C14H20N4. The molecule has 1 fully saturated rings. The summed E-state index contributed by atoms with van der Waals surface area (Å²) in [6.45, 7) is 6.94. The van der Waals surface area contributed by atoms with Gasteiger partial charge in [-0.15, -0.1) is 5.10 Å². The molecule has 4 heteroatoms. The Kier molecular flexibility index (Phi) is 2.54. The average Bonchev–Trinajstić information content (AvgIpc) is 2.72. The molecule has 0 unspecified atom stereocenters. The molecule has 2 aromatic rings. The summed E-state index contributed by atoms with van der Waals surface area (Å²) in [5, 5.41) is 8.42. The molecule has 0 amide bonds. The molecule has 1 saturated heterocycles. The van der Waals surface area contributed by atoms with E-state index in [9.17, 15) is 0 Å². The van der Waals surface area contributed by atoms with Crippen molar-refractivity contribution >= 4 is 16.7 Å². The molecule has 0 atom stereocenters. The normalized spacial score (nSPS) is 19.4. The van der Waals surface area contributed by atoms with Crippen LogP contribution in [0.15, 0.2) is 18.2 Å². The van der Waals surface area contributed by atoms with Crippen LogP contribution in [0.1, 0.15) is 26.7 Å². The standard InChI is InChI=1S/C14H20N4/c1-14(2)7-9-18(10-8-14)12-6-4-5-11-13(12)15-16-17(11)3/h4-6H,7-10H2,1-3H3. The molecule has 0 radical (unpaired) electrons. The van der Waals surface area contributed by atoms with Gasteiger partial charge < -0.3 is 4.90 Å². The second kappa shape index (κ2) is 3.97. The molecule has 0 bridgehead atoms. The second-order valence-electron chi connectivity index (χ2n) is 6.01. The third kappa shape index (κ3) is 1.85. The molecular weight excluding hydrogens is 224 g/mol. The predicted molar refractivity (Wildman–Crippen MR) is 73.7 cm³/mol. The lowest BCUT2D eigenvalue weighted by molar-refractivity contribution is 0.280. The number of hydrogen-bond donors (Lipinski definition) is 0. The van der Waals surface area contributed by atoms with Crippen LogP contribution in [-0.2, 0) is 7.05 Å². The van der Waals surface area contributed by atoms with E-state index in [0.29, 0.717) is 5.41 Å². The van der Waals surface area contributed by atoms with E-state index in [1.165, 1.54) is 18.5 Å². The number of nitrogens with zero attached hydrogens (tertiary/aromatic N) is 4. The predicted octanol–water partition coefficient (Wildman–Crippen LogP) is 2.59. The van der Waals surface area contributed by atoms with Crippen molar-refractivity contribution in [1.29, 1.82) is 0 Å². The largest absolute Gasteiger partial charge is 0.370 e. The molecule has 18 heavy (non-hydrogen) atoms. The van der Waals surface area contributed by atoms with E-state index in [-0.39, 0.29) is 0 Å². The van der Waals surface area contributed by atoms with Crippen LogP contribution in [0.3, 0.4) is 0 Å². The van der Waals surface area contributed by atoms with Gasteiger partial charge in [0.2, 0.25) is 0 Å². The zero-order valence-electron chi connectivity index (χ0n) is 11.3. The molecule has 1 aliphatic heterocycles. The number of fused-ring (bicyclic) bond motifs is 1. The van der Waals surface area contributed by atoms with Crippen molar-refractivity contribution in [2.75, 3.05) is 18.0 Å². The number of hydrogen-bond acceptors (Lipinski definition) is 3. The van der Waals surface area contributed by atoms with Crippen LogP contribution in [0, 0.1) is 5.41 Å². The van der Waals surface area contributed by atoms with E-state index in [2.05, 4.69) is 47.3 Å². The second-order valence-corrected chi connectivity index (χ2v) is 6.01. The van der Waals surface area contributed by atoms with E-state index in [4.69, 9.17) is 0 Å². The third-order valence-electron chi connectivity index (χ3n) is 4.08. The van der Waals surface area contributed by atoms with Gasteiger partial charge in [0.15, 0.2) is 0 Å². The molecule has 0 aliphatic carbocycles. The fraction of sp³-hybridized carbons (Fsp3) is 0.571. The molecule has 0 N–H and O–H groups in total. The minimum Gasteiger partial charge on any atom is -0.370 e. The number of aryl methyl sites for hydroxylation is 1. The summed E-state index contributed by atoms with van der Waals surface area (Å²) in [7, 11) is 1.94. The van der Waals surface area contributed by atoms with Crippen LogP contribution in [0.2, 0.25) is 0 Å². The van der Waals surface area contributed by atoms with E-state index in [1.807, 2.05) is 11.7 Å². The van der Waals surface area contributed by atoms with Gasteiger partial charge in [0.05, 0.1) is 11.2 Å². The maximum absolute atomic E-state index is 4.30. The molecule has 2 heterocycles. The SMILES string of the molecule is Cn1nnc2c(N3CCC(C)(C)CC3)cccc21. The quantitative estimate of drug-likeness (QED) is 0.773. The number of benzene rings is 1. The van der Waals surface area contributed by atoms with Crippen molar-refractivity contribution < 1.29 is 0 Å². The van der Waals surface area contributed by atoms with Crippen molar-refractivity contribution in [1.82, 2.24) is 15.0 Å². The molecule has 1 aliphatic rings. The highest BCUT2D eigenvalue weighted by Crippen LogP contribution is 2.34. The molecule has 1 aromatic carbocycles. The zero-order valence-corrected chi connectivity index (χ0v) is 11.3. The Morgan fingerprint density at radius 3 is 2.61 bits per heavy atom. The van der Waals surface area contributed by atoms with Gasteiger partial charge in [-0.1, -0.05) is 25.1 Å². The Bertz CT molecular complexity index is 560. The summed E-state index contributed by atoms with van der Waals surface area (Å²) >= 11 is 0. The number of piperidine rings is 1. The van der Waals surface area contributed by atoms with E-state index >= 15 is 0 Å². The van der Waals surface area contributed by atoms with Gasteiger partial charge in [0, 0.05) is 20.1 Å². The molecule has 4 nitrogen and oxygen atoms in total. The summed E-state index contributed by atoms with van der Waals surface area (Å²) in [5.41, 5.74) is 3.85. The lowest BCUT2D eigenvalue weighted by atomic mass is 9.82. The van der Waals surface area contributed by atoms with Crippen LogP contribution in [-0.4, -0.2) is 28.1 Å². The molecule has 3 rings (SSSR count). The van der Waals surface area contributed by atoms with Crippen LogP contribution < -0.4 is 4.90 Å². The minimum atomic E-state index is 0.479. The summed E-state index contributed by atoms with van der Waals surface area (Å²) in [6.07, 6.45) is 2.48. The first-order chi connectivity index (χ1) is 8.57. The van der Waals surface area contributed by atoms with Crippen molar-refractivity contribution in [2.45, 2.75) is 26.7 Å². The van der Waals surface area contributed by atoms with Crippen LogP contribution in [0.5, 0.6) is 0 Å². The van der Waals surface area contributed by atoms with Gasteiger partial charge in [-0.25, -0.2) is 4.68 Å². The number of rotatable bonds is 1. The highest BCUT2D eigenvalue weighted by molar-refractivity contribution is 5.88. The third-order valence-corrected chi connectivity index (χ3v) is 4.08. The van der Waals surface area contributed by atoms with Gasteiger partial charge in [-0.2, -0.15) is 0 Å². The number of aromatic nitrogens is 3. The summed E-state index contributed by atoms with van der Waals surface area (Å²) in [4.78, 5) is 2.45. The van der Waals surface area contributed by atoms with Crippen LogP contribution in [0.4, 0.5) is 5.69 Å². The Labute approximate surface area is 108 Å². The van der Waals surface area contributed by atoms with Crippen LogP contribution in [0.25, 0.3) is 11.0 Å². The maximum atomic E-state index is 4.30. The van der Waals surface area contributed by atoms with Gasteiger partial charge in [-0.3, -0.25) is 0 Å². The van der Waals surface area contributed by atoms with Gasteiger partial charge in [0.1, 0.15) is 5.52 Å². The van der Waals surface area contributed by atoms with E-state index < -0.39 is 0 Å². The summed E-state index contributed by atoms with van der Waals surface area (Å²) in [6, 6.07) is 6.34. The lowest BCUT2D eigenvalue weighted by Crippen LogP contribution is -2.37. The fourth-order valence-corrected chi connectivity index (χ4v) is 2.65. The Morgan fingerprint density at radius 2 is 1.89 bits per heavy atom. The highest BCUT2D eigenvalue weighted by atomic mass is 15.4. The maximum Gasteiger partial charge on any atom is 0.136 e. The van der Waals surface area contributed by atoms with Gasteiger partial charge in [-0.05, 0) is 30.4 Å². The number of anilines is 1. The van der Waals surface area contributed by atoms with Crippen molar-refractivity contribution in [3.63, 3.8) is 0 Å². The smallest absolute Gasteiger partial charge is 0.136 e. The van der Waals surface area contributed by atoms with Crippen molar-refractivity contribution in [2.24, 2.45) is 12.5 Å². The molecule has 0 spiro atoms. The first kappa shape index (κ1) is 11.5. The monoisotopic (exact) mass is 244 g/mol. The Balaban J connectivity index is 1.95.